The molecule has 0 bridgehead atoms. The van der Waals surface area contributed by atoms with E-state index in [1.807, 2.05) is 6.07 Å². The first-order chi connectivity index (χ1) is 24.1. The minimum Gasteiger partial charge on any atom is -0.454 e. The van der Waals surface area contributed by atoms with E-state index in [-0.39, 0.29) is 10.8 Å². The van der Waals surface area contributed by atoms with Crippen LogP contribution in [0.3, 0.4) is 0 Å². The standard InChI is InChI=1S/C48H39NO/c1-28-18-19-29(2)43(24-28)49(42-16-11-15-35-34-14-9-10-17-44(34)50-46(35)42)31-21-22-33-36-26-41-37(27-40(36)48(5,6)39(33)25-31)45-32-13-8-7-12-30(32)20-23-38(45)47(41,3)4/h7-27H,1-6H3. The Bertz CT molecular complexity index is 2740. The van der Waals surface area contributed by atoms with E-state index >= 15 is 0 Å². The molecule has 0 fully saturated rings. The molecule has 1 heterocycles. The predicted molar refractivity (Wildman–Crippen MR) is 211 cm³/mol. The number of rotatable bonds is 3. The molecule has 2 heteroatoms. The summed E-state index contributed by atoms with van der Waals surface area (Å²) in [5.74, 6) is 0. The lowest BCUT2D eigenvalue weighted by atomic mass is 9.79. The molecule has 7 aromatic carbocycles. The second-order valence-corrected chi connectivity index (χ2v) is 15.5. The summed E-state index contributed by atoms with van der Waals surface area (Å²) < 4.78 is 6.64. The van der Waals surface area contributed by atoms with Gasteiger partial charge in [0.15, 0.2) is 5.58 Å². The van der Waals surface area contributed by atoms with Crippen LogP contribution < -0.4 is 4.90 Å². The number of anilines is 3. The lowest BCUT2D eigenvalue weighted by molar-refractivity contribution is 0.652. The van der Waals surface area contributed by atoms with Crippen molar-refractivity contribution < 1.29 is 4.42 Å². The molecule has 0 atom stereocenters. The van der Waals surface area contributed by atoms with Crippen molar-refractivity contribution in [2.75, 3.05) is 4.90 Å². The lowest BCUT2D eigenvalue weighted by Crippen LogP contribution is -2.18. The maximum absolute atomic E-state index is 6.64. The molecule has 8 aromatic rings. The molecule has 0 aliphatic heterocycles. The third-order valence-corrected chi connectivity index (χ3v) is 11.8. The van der Waals surface area contributed by atoms with E-state index in [0.29, 0.717) is 0 Å². The molecule has 0 N–H and O–H groups in total. The molecule has 0 amide bonds. The first kappa shape index (κ1) is 29.3. The summed E-state index contributed by atoms with van der Waals surface area (Å²) in [4.78, 5) is 2.41. The quantitative estimate of drug-likeness (QED) is 0.190. The largest absolute Gasteiger partial charge is 0.454 e. The van der Waals surface area contributed by atoms with Gasteiger partial charge in [-0.2, -0.15) is 0 Å². The van der Waals surface area contributed by atoms with Gasteiger partial charge in [-0.3, -0.25) is 0 Å². The molecule has 0 radical (unpaired) electrons. The van der Waals surface area contributed by atoms with Crippen LogP contribution in [0.5, 0.6) is 0 Å². The van der Waals surface area contributed by atoms with E-state index in [1.54, 1.807) is 0 Å². The van der Waals surface area contributed by atoms with Crippen molar-refractivity contribution in [2.24, 2.45) is 0 Å². The number of hydrogen-bond donors (Lipinski definition) is 0. The van der Waals surface area contributed by atoms with Crippen LogP contribution in [0.1, 0.15) is 61.1 Å². The van der Waals surface area contributed by atoms with Crippen LogP contribution in [0.15, 0.2) is 132 Å². The maximum Gasteiger partial charge on any atom is 0.159 e. The highest BCUT2D eigenvalue weighted by molar-refractivity contribution is 6.10. The minimum atomic E-state index is -0.189. The number of para-hydroxylation sites is 2. The van der Waals surface area contributed by atoms with Gasteiger partial charge >= 0.3 is 0 Å². The van der Waals surface area contributed by atoms with Gasteiger partial charge < -0.3 is 9.32 Å². The number of hydrogen-bond acceptors (Lipinski definition) is 2. The Balaban J connectivity index is 1.19. The van der Waals surface area contributed by atoms with Crippen molar-refractivity contribution in [1.82, 2.24) is 0 Å². The number of nitrogens with zero attached hydrogens (tertiary/aromatic N) is 1. The summed E-state index contributed by atoms with van der Waals surface area (Å²) >= 11 is 0. The van der Waals surface area contributed by atoms with Crippen LogP contribution >= 0.6 is 0 Å². The number of furan rings is 1. The van der Waals surface area contributed by atoms with Gasteiger partial charge in [-0.15, -0.1) is 0 Å². The average molecular weight is 646 g/mol. The molecular weight excluding hydrogens is 607 g/mol. The van der Waals surface area contributed by atoms with E-state index in [4.69, 9.17) is 4.42 Å². The van der Waals surface area contributed by atoms with Crippen molar-refractivity contribution in [3.05, 3.63) is 161 Å². The van der Waals surface area contributed by atoms with Crippen LogP contribution in [-0.4, -0.2) is 0 Å². The van der Waals surface area contributed by atoms with Gasteiger partial charge in [0, 0.05) is 33.0 Å². The van der Waals surface area contributed by atoms with Crippen molar-refractivity contribution in [3.8, 4) is 22.3 Å². The third-order valence-electron chi connectivity index (χ3n) is 11.8. The van der Waals surface area contributed by atoms with E-state index in [2.05, 4.69) is 168 Å². The fourth-order valence-electron chi connectivity index (χ4n) is 9.14. The Kier molecular flexibility index (Phi) is 5.86. The van der Waals surface area contributed by atoms with E-state index in [1.165, 1.54) is 66.4 Å². The number of benzene rings is 7. The van der Waals surface area contributed by atoms with Gasteiger partial charge in [-0.25, -0.2) is 0 Å². The van der Waals surface area contributed by atoms with Gasteiger partial charge in [0.05, 0.1) is 5.69 Å². The molecule has 10 rings (SSSR count). The Hall–Kier alpha value is -5.60. The molecule has 0 unspecified atom stereocenters. The Labute approximate surface area is 293 Å². The van der Waals surface area contributed by atoms with Crippen LogP contribution in [-0.2, 0) is 10.8 Å². The van der Waals surface area contributed by atoms with Crippen LogP contribution in [0.2, 0.25) is 0 Å². The fraction of sp³-hybridized carbons (Fsp3) is 0.167. The summed E-state index contributed by atoms with van der Waals surface area (Å²) in [6, 6.07) is 47.3. The number of aryl methyl sites for hydroxylation is 2. The number of fused-ring (bicyclic) bond motifs is 11. The summed E-state index contributed by atoms with van der Waals surface area (Å²) in [6.07, 6.45) is 0. The highest BCUT2D eigenvalue weighted by Crippen LogP contribution is 2.58. The Morgan fingerprint density at radius 1 is 0.500 bits per heavy atom. The first-order valence-corrected chi connectivity index (χ1v) is 17.8. The molecule has 0 spiro atoms. The monoisotopic (exact) mass is 645 g/mol. The average Bonchev–Trinajstić information content (AvgIpc) is 3.69. The highest BCUT2D eigenvalue weighted by Gasteiger charge is 2.42. The van der Waals surface area contributed by atoms with Crippen molar-refractivity contribution in [2.45, 2.75) is 52.4 Å². The molecule has 2 nitrogen and oxygen atoms in total. The second-order valence-electron chi connectivity index (χ2n) is 15.5. The molecule has 0 saturated carbocycles. The van der Waals surface area contributed by atoms with Crippen molar-refractivity contribution in [3.63, 3.8) is 0 Å². The minimum absolute atomic E-state index is 0.0820. The Morgan fingerprint density at radius 2 is 1.20 bits per heavy atom. The summed E-state index contributed by atoms with van der Waals surface area (Å²) in [5, 5.41) is 4.92. The van der Waals surface area contributed by atoms with E-state index < -0.39 is 0 Å². The van der Waals surface area contributed by atoms with Gasteiger partial charge in [0.2, 0.25) is 0 Å². The zero-order valence-corrected chi connectivity index (χ0v) is 29.5. The van der Waals surface area contributed by atoms with E-state index in [0.717, 1.165) is 39.0 Å². The second kappa shape index (κ2) is 9.98. The highest BCUT2D eigenvalue weighted by atomic mass is 16.3. The normalized spacial score (nSPS) is 14.9. The van der Waals surface area contributed by atoms with Crippen LogP contribution in [0, 0.1) is 13.8 Å². The molecular formula is C48H39NO. The van der Waals surface area contributed by atoms with Crippen molar-refractivity contribution >= 4 is 49.8 Å². The molecule has 2 aliphatic carbocycles. The summed E-state index contributed by atoms with van der Waals surface area (Å²) in [6.45, 7) is 14.0. The third kappa shape index (κ3) is 3.85. The maximum atomic E-state index is 6.64. The van der Waals surface area contributed by atoms with Crippen molar-refractivity contribution in [1.29, 1.82) is 0 Å². The molecule has 1 aromatic heterocycles. The lowest BCUT2D eigenvalue weighted by Gasteiger charge is -2.29. The zero-order chi connectivity index (χ0) is 34.1. The topological polar surface area (TPSA) is 16.4 Å². The summed E-state index contributed by atoms with van der Waals surface area (Å²) in [7, 11) is 0. The van der Waals surface area contributed by atoms with E-state index in [9.17, 15) is 0 Å². The van der Waals surface area contributed by atoms with Gasteiger partial charge in [-0.1, -0.05) is 113 Å². The van der Waals surface area contributed by atoms with Gasteiger partial charge in [-0.05, 0) is 123 Å². The summed E-state index contributed by atoms with van der Waals surface area (Å²) in [5.41, 5.74) is 18.4. The fourth-order valence-corrected chi connectivity index (χ4v) is 9.14. The SMILES string of the molecule is Cc1ccc(C)c(N(c2ccc3c(c2)C(C)(C)c2cc4c(cc2-3)C(C)(C)c2ccc3ccccc3c2-4)c2cccc3c2oc2ccccc23)c1. The van der Waals surface area contributed by atoms with Crippen LogP contribution in [0.25, 0.3) is 55.0 Å². The smallest absolute Gasteiger partial charge is 0.159 e. The molecule has 2 aliphatic rings. The first-order valence-electron chi connectivity index (χ1n) is 17.8. The Morgan fingerprint density at radius 3 is 2.06 bits per heavy atom. The van der Waals surface area contributed by atoms with Gasteiger partial charge in [0.25, 0.3) is 0 Å². The van der Waals surface area contributed by atoms with Crippen LogP contribution in [0.4, 0.5) is 17.1 Å². The molecule has 242 valence electrons. The molecule has 0 saturated heterocycles. The van der Waals surface area contributed by atoms with Gasteiger partial charge in [0.1, 0.15) is 5.58 Å². The molecule has 50 heavy (non-hydrogen) atoms. The zero-order valence-electron chi connectivity index (χ0n) is 29.5. The predicted octanol–water partition coefficient (Wildman–Crippen LogP) is 13.4.